The van der Waals surface area contributed by atoms with Gasteiger partial charge in [0.25, 0.3) is 0 Å². The molecule has 13 heavy (non-hydrogen) atoms. The van der Waals surface area contributed by atoms with Gasteiger partial charge in [0.1, 0.15) is 6.10 Å². The van der Waals surface area contributed by atoms with E-state index in [9.17, 15) is 4.79 Å². The number of ether oxygens (including phenoxy) is 1. The lowest BCUT2D eigenvalue weighted by atomic mass is 10.2. The Bertz CT molecular complexity index is 328. The van der Waals surface area contributed by atoms with Crippen LogP contribution in [0.25, 0.3) is 0 Å². The highest BCUT2D eigenvalue weighted by molar-refractivity contribution is 9.13. The number of rotatable bonds is 1. The normalized spacial score (nSPS) is 22.0. The largest absolute Gasteiger partial charge is 0.457 e. The minimum atomic E-state index is -0.0920. The van der Waals surface area contributed by atoms with E-state index < -0.39 is 0 Å². The summed E-state index contributed by atoms with van der Waals surface area (Å²) in [5.41, 5.74) is 0. The first-order valence-corrected chi connectivity index (χ1v) is 6.21. The third-order valence-electron chi connectivity index (χ3n) is 1.87. The number of cyclic esters (lactones) is 1. The maximum atomic E-state index is 10.9. The highest BCUT2D eigenvalue weighted by atomic mass is 79.9. The van der Waals surface area contributed by atoms with Crippen LogP contribution in [-0.4, -0.2) is 5.97 Å². The molecular formula is C8H6Br2O2S. The predicted octanol–water partition coefficient (Wildman–Crippen LogP) is 3.65. The van der Waals surface area contributed by atoms with Gasteiger partial charge in [-0.2, -0.15) is 0 Å². The summed E-state index contributed by atoms with van der Waals surface area (Å²) in [5, 5.41) is 0. The standard InChI is InChI=1S/C8H6Br2O2S/c9-4-3-6(13-8(4)10)5-1-2-7(11)12-5/h3,5H,1-2H2. The summed E-state index contributed by atoms with van der Waals surface area (Å²) < 4.78 is 7.22. The molecule has 2 nitrogen and oxygen atoms in total. The number of hydrogen-bond donors (Lipinski definition) is 0. The SMILES string of the molecule is O=C1CCC(c2cc(Br)c(Br)s2)O1. The van der Waals surface area contributed by atoms with Crippen molar-refractivity contribution in [1.82, 2.24) is 0 Å². The second-order valence-electron chi connectivity index (χ2n) is 2.79. The van der Waals surface area contributed by atoms with Gasteiger partial charge in [-0.05, 0) is 44.3 Å². The molecule has 2 heterocycles. The fourth-order valence-corrected chi connectivity index (χ4v) is 3.40. The Hall–Kier alpha value is 0.130. The van der Waals surface area contributed by atoms with Gasteiger partial charge in [-0.25, -0.2) is 0 Å². The van der Waals surface area contributed by atoms with E-state index in [0.29, 0.717) is 6.42 Å². The van der Waals surface area contributed by atoms with Gasteiger partial charge >= 0.3 is 5.97 Å². The molecule has 0 saturated carbocycles. The second kappa shape index (κ2) is 3.71. The summed E-state index contributed by atoms with van der Waals surface area (Å²) in [6.45, 7) is 0. The van der Waals surface area contributed by atoms with Crippen molar-refractivity contribution in [2.45, 2.75) is 18.9 Å². The lowest BCUT2D eigenvalue weighted by Crippen LogP contribution is -1.95. The Kier molecular flexibility index (Phi) is 2.76. The van der Waals surface area contributed by atoms with Gasteiger partial charge in [0, 0.05) is 15.8 Å². The average molecular weight is 326 g/mol. The van der Waals surface area contributed by atoms with Crippen LogP contribution in [0.5, 0.6) is 0 Å². The topological polar surface area (TPSA) is 26.3 Å². The average Bonchev–Trinajstić information content (AvgIpc) is 2.61. The van der Waals surface area contributed by atoms with Crippen LogP contribution in [0.2, 0.25) is 0 Å². The molecule has 0 aliphatic carbocycles. The quantitative estimate of drug-likeness (QED) is 0.737. The first-order valence-electron chi connectivity index (χ1n) is 3.81. The van der Waals surface area contributed by atoms with E-state index in [1.54, 1.807) is 11.3 Å². The van der Waals surface area contributed by atoms with Gasteiger partial charge in [-0.3, -0.25) is 4.79 Å². The van der Waals surface area contributed by atoms with Crippen LogP contribution in [0.15, 0.2) is 14.3 Å². The number of carbonyl (C=O) groups excluding carboxylic acids is 1. The van der Waals surface area contributed by atoms with Crippen molar-refractivity contribution in [2.75, 3.05) is 0 Å². The van der Waals surface area contributed by atoms with Crippen molar-refractivity contribution in [1.29, 1.82) is 0 Å². The highest BCUT2D eigenvalue weighted by Gasteiger charge is 2.26. The van der Waals surface area contributed by atoms with E-state index >= 15 is 0 Å². The van der Waals surface area contributed by atoms with Crippen LogP contribution in [0.1, 0.15) is 23.8 Å². The minimum absolute atomic E-state index is 0.0277. The van der Waals surface area contributed by atoms with Crippen LogP contribution in [0.3, 0.4) is 0 Å². The molecular weight excluding hydrogens is 320 g/mol. The van der Waals surface area contributed by atoms with E-state index in [4.69, 9.17) is 4.74 Å². The van der Waals surface area contributed by atoms with Gasteiger partial charge < -0.3 is 4.74 Å². The summed E-state index contributed by atoms with van der Waals surface area (Å²) in [6.07, 6.45) is 1.32. The molecule has 0 radical (unpaired) electrons. The minimum Gasteiger partial charge on any atom is -0.457 e. The highest BCUT2D eigenvalue weighted by Crippen LogP contribution is 2.40. The molecule has 0 aromatic carbocycles. The number of carbonyl (C=O) groups is 1. The molecule has 1 fully saturated rings. The second-order valence-corrected chi connectivity index (χ2v) is 6.04. The Morgan fingerprint density at radius 1 is 1.54 bits per heavy atom. The predicted molar refractivity (Wildman–Crippen MR) is 57.8 cm³/mol. The molecule has 1 aliphatic heterocycles. The number of halogens is 2. The van der Waals surface area contributed by atoms with Gasteiger partial charge in [0.15, 0.2) is 0 Å². The molecule has 0 bridgehead atoms. The van der Waals surface area contributed by atoms with Crippen LogP contribution in [-0.2, 0) is 9.53 Å². The van der Waals surface area contributed by atoms with Crippen molar-refractivity contribution >= 4 is 49.2 Å². The molecule has 0 amide bonds. The van der Waals surface area contributed by atoms with E-state index in [1.807, 2.05) is 6.07 Å². The Morgan fingerprint density at radius 3 is 2.77 bits per heavy atom. The van der Waals surface area contributed by atoms with Crippen molar-refractivity contribution in [3.63, 3.8) is 0 Å². The number of thiophene rings is 1. The van der Waals surface area contributed by atoms with E-state index in [-0.39, 0.29) is 12.1 Å². The lowest BCUT2D eigenvalue weighted by Gasteiger charge is -2.04. The van der Waals surface area contributed by atoms with E-state index in [0.717, 1.165) is 19.6 Å². The first kappa shape index (κ1) is 9.68. The molecule has 2 rings (SSSR count). The summed E-state index contributed by atoms with van der Waals surface area (Å²) in [5.74, 6) is -0.0920. The molecule has 0 N–H and O–H groups in total. The third kappa shape index (κ3) is 1.97. The van der Waals surface area contributed by atoms with Crippen molar-refractivity contribution in [3.05, 3.63) is 19.2 Å². The van der Waals surface area contributed by atoms with Crippen LogP contribution < -0.4 is 0 Å². The summed E-state index contributed by atoms with van der Waals surface area (Å²) in [6, 6.07) is 2.00. The van der Waals surface area contributed by atoms with Gasteiger partial charge in [0.2, 0.25) is 0 Å². The molecule has 1 aromatic heterocycles. The Morgan fingerprint density at radius 2 is 2.31 bits per heavy atom. The van der Waals surface area contributed by atoms with Gasteiger partial charge in [-0.1, -0.05) is 0 Å². The van der Waals surface area contributed by atoms with Gasteiger partial charge in [-0.15, -0.1) is 11.3 Å². The molecule has 1 aromatic rings. The van der Waals surface area contributed by atoms with Crippen LogP contribution in [0, 0.1) is 0 Å². The maximum absolute atomic E-state index is 10.9. The molecule has 1 saturated heterocycles. The van der Waals surface area contributed by atoms with Crippen LogP contribution >= 0.6 is 43.2 Å². The van der Waals surface area contributed by atoms with Crippen LogP contribution in [0.4, 0.5) is 0 Å². The Balaban J connectivity index is 2.21. The first-order chi connectivity index (χ1) is 6.16. The monoisotopic (exact) mass is 324 g/mol. The maximum Gasteiger partial charge on any atom is 0.306 e. The van der Waals surface area contributed by atoms with Crippen molar-refractivity contribution in [3.8, 4) is 0 Å². The van der Waals surface area contributed by atoms with Crippen molar-refractivity contribution in [2.24, 2.45) is 0 Å². The fourth-order valence-electron chi connectivity index (χ4n) is 1.25. The molecule has 5 heteroatoms. The van der Waals surface area contributed by atoms with Crippen molar-refractivity contribution < 1.29 is 9.53 Å². The molecule has 1 aliphatic rings. The van der Waals surface area contributed by atoms with E-state index in [1.165, 1.54) is 0 Å². The smallest absolute Gasteiger partial charge is 0.306 e. The lowest BCUT2D eigenvalue weighted by molar-refractivity contribution is -0.141. The molecule has 0 spiro atoms. The number of hydrogen-bond acceptors (Lipinski definition) is 3. The molecule has 1 atom stereocenters. The molecule has 70 valence electrons. The zero-order chi connectivity index (χ0) is 9.42. The Labute approximate surface area is 96.5 Å². The summed E-state index contributed by atoms with van der Waals surface area (Å²) in [4.78, 5) is 12.0. The number of esters is 1. The summed E-state index contributed by atoms with van der Waals surface area (Å²) in [7, 11) is 0. The molecule has 1 unspecified atom stereocenters. The summed E-state index contributed by atoms with van der Waals surface area (Å²) >= 11 is 8.42. The van der Waals surface area contributed by atoms with E-state index in [2.05, 4.69) is 31.9 Å². The van der Waals surface area contributed by atoms with Gasteiger partial charge in [0.05, 0.1) is 3.79 Å². The zero-order valence-electron chi connectivity index (χ0n) is 6.55. The zero-order valence-corrected chi connectivity index (χ0v) is 10.5. The third-order valence-corrected chi connectivity index (χ3v) is 5.21. The fraction of sp³-hybridized carbons (Fsp3) is 0.375.